The third-order valence-electron chi connectivity index (χ3n) is 2.23. The second-order valence-electron chi connectivity index (χ2n) is 3.44. The van der Waals surface area contributed by atoms with Gasteiger partial charge in [-0.1, -0.05) is 31.2 Å². The molecule has 1 aromatic carbocycles. The molecule has 0 radical (unpaired) electrons. The molecular formula is C11H17NOS. The van der Waals surface area contributed by atoms with E-state index in [0.717, 1.165) is 12.0 Å². The van der Waals surface area contributed by atoms with Crippen molar-refractivity contribution in [1.29, 1.82) is 0 Å². The summed E-state index contributed by atoms with van der Waals surface area (Å²) in [5.74, 6) is 0.533. The fourth-order valence-corrected chi connectivity index (χ4v) is 2.05. The normalized spacial score (nSPS) is 15.1. The highest BCUT2D eigenvalue weighted by atomic mass is 32.2. The minimum absolute atomic E-state index is 0.105. The lowest BCUT2D eigenvalue weighted by Gasteiger charge is -2.10. The molecule has 0 amide bonds. The highest BCUT2D eigenvalue weighted by Crippen LogP contribution is 2.12. The molecule has 2 unspecified atom stereocenters. The lowest BCUT2D eigenvalue weighted by Crippen LogP contribution is -2.17. The maximum absolute atomic E-state index is 11.0. The van der Waals surface area contributed by atoms with E-state index in [1.165, 1.54) is 5.56 Å². The summed E-state index contributed by atoms with van der Waals surface area (Å²) < 4.78 is 11.0. The summed E-state index contributed by atoms with van der Waals surface area (Å²) in [4.78, 5) is 0. The van der Waals surface area contributed by atoms with Crippen molar-refractivity contribution in [2.75, 3.05) is 12.0 Å². The molecule has 14 heavy (non-hydrogen) atoms. The molecule has 0 saturated carbocycles. The van der Waals surface area contributed by atoms with Crippen molar-refractivity contribution in [2.24, 2.45) is 5.73 Å². The smallest absolute Gasteiger partial charge is 0.0425 e. The highest BCUT2D eigenvalue weighted by Gasteiger charge is 2.07. The first kappa shape index (κ1) is 11.4. The first-order chi connectivity index (χ1) is 6.63. The summed E-state index contributed by atoms with van der Waals surface area (Å²) in [5.41, 5.74) is 8.27. The molecule has 1 rings (SSSR count). The van der Waals surface area contributed by atoms with Crippen LogP contribution in [0.15, 0.2) is 24.3 Å². The molecule has 0 bridgehead atoms. The van der Waals surface area contributed by atoms with E-state index in [1.807, 2.05) is 12.1 Å². The van der Waals surface area contributed by atoms with Crippen molar-refractivity contribution in [3.05, 3.63) is 35.4 Å². The van der Waals surface area contributed by atoms with Gasteiger partial charge in [-0.15, -0.1) is 0 Å². The molecule has 2 nitrogen and oxygen atoms in total. The van der Waals surface area contributed by atoms with Gasteiger partial charge in [0.05, 0.1) is 0 Å². The molecule has 3 heteroatoms. The molecule has 2 atom stereocenters. The summed E-state index contributed by atoms with van der Waals surface area (Å²) >= 11 is 0. The van der Waals surface area contributed by atoms with Gasteiger partial charge in [0, 0.05) is 28.9 Å². The molecule has 0 spiro atoms. The Morgan fingerprint density at radius 3 is 2.36 bits per heavy atom. The van der Waals surface area contributed by atoms with Crippen LogP contribution in [-0.4, -0.2) is 16.2 Å². The molecule has 1 aromatic rings. The molecule has 0 aliphatic heterocycles. The second-order valence-corrected chi connectivity index (χ2v) is 4.92. The molecule has 2 N–H and O–H groups in total. The Balaban J connectivity index is 2.71. The molecule has 0 aliphatic carbocycles. The van der Waals surface area contributed by atoms with Gasteiger partial charge in [0.1, 0.15) is 0 Å². The van der Waals surface area contributed by atoms with Crippen molar-refractivity contribution < 1.29 is 4.21 Å². The van der Waals surface area contributed by atoms with Crippen LogP contribution in [0.4, 0.5) is 0 Å². The predicted molar refractivity (Wildman–Crippen MR) is 61.7 cm³/mol. The lowest BCUT2D eigenvalue weighted by atomic mass is 10.1. The van der Waals surface area contributed by atoms with Crippen LogP contribution in [0.1, 0.15) is 24.1 Å². The molecule has 0 saturated heterocycles. The van der Waals surface area contributed by atoms with Gasteiger partial charge >= 0.3 is 0 Å². The minimum Gasteiger partial charge on any atom is -0.323 e. The predicted octanol–water partition coefficient (Wildman–Crippen LogP) is 1.63. The third kappa shape index (κ3) is 3.24. The average Bonchev–Trinajstić information content (AvgIpc) is 2.17. The maximum atomic E-state index is 11.0. The fraction of sp³-hybridized carbons (Fsp3) is 0.455. The van der Waals surface area contributed by atoms with Gasteiger partial charge in [-0.3, -0.25) is 4.21 Å². The minimum atomic E-state index is -0.828. The summed E-state index contributed by atoms with van der Waals surface area (Å²) in [7, 11) is -0.828. The fourth-order valence-electron chi connectivity index (χ4n) is 1.35. The lowest BCUT2D eigenvalue weighted by molar-refractivity contribution is 0.679. The maximum Gasteiger partial charge on any atom is 0.0425 e. The van der Waals surface area contributed by atoms with Crippen LogP contribution in [0.25, 0.3) is 0 Å². The number of benzene rings is 1. The summed E-state index contributed by atoms with van der Waals surface area (Å²) in [5, 5.41) is 0. The first-order valence-electron chi connectivity index (χ1n) is 4.78. The van der Waals surface area contributed by atoms with Gasteiger partial charge in [0.2, 0.25) is 0 Å². The zero-order valence-electron chi connectivity index (χ0n) is 8.69. The number of nitrogens with two attached hydrogens (primary N) is 1. The van der Waals surface area contributed by atoms with E-state index < -0.39 is 10.8 Å². The van der Waals surface area contributed by atoms with Gasteiger partial charge in [-0.05, 0) is 17.5 Å². The van der Waals surface area contributed by atoms with E-state index in [9.17, 15) is 4.21 Å². The molecular weight excluding hydrogens is 194 g/mol. The Kier molecular flexibility index (Phi) is 4.29. The Hall–Kier alpha value is -0.670. The van der Waals surface area contributed by atoms with Crippen molar-refractivity contribution in [3.8, 4) is 0 Å². The van der Waals surface area contributed by atoms with E-state index in [2.05, 4.69) is 19.1 Å². The molecule has 0 aromatic heterocycles. The summed E-state index contributed by atoms with van der Waals surface area (Å²) in [6, 6.07) is 8.10. The van der Waals surface area contributed by atoms with Crippen LogP contribution in [0.2, 0.25) is 0 Å². The van der Waals surface area contributed by atoms with Crippen molar-refractivity contribution in [3.63, 3.8) is 0 Å². The number of hydrogen-bond donors (Lipinski definition) is 1. The van der Waals surface area contributed by atoms with Crippen LogP contribution in [0.5, 0.6) is 0 Å². The Morgan fingerprint density at radius 1 is 1.36 bits per heavy atom. The van der Waals surface area contributed by atoms with E-state index >= 15 is 0 Å². The summed E-state index contributed by atoms with van der Waals surface area (Å²) in [6.45, 7) is 2.12. The van der Waals surface area contributed by atoms with Crippen molar-refractivity contribution >= 4 is 10.8 Å². The van der Waals surface area contributed by atoms with E-state index in [-0.39, 0.29) is 6.04 Å². The average molecular weight is 211 g/mol. The van der Waals surface area contributed by atoms with Crippen LogP contribution in [0.3, 0.4) is 0 Å². The van der Waals surface area contributed by atoms with Crippen molar-refractivity contribution in [2.45, 2.75) is 19.4 Å². The van der Waals surface area contributed by atoms with Gasteiger partial charge < -0.3 is 5.73 Å². The standard InChI is InChI=1S/C11H17NOS/c1-3-9-4-6-10(7-5-9)11(12)8-14(2)13/h4-7,11H,3,8,12H2,1-2H3. The molecule has 78 valence electrons. The zero-order chi connectivity index (χ0) is 10.6. The highest BCUT2D eigenvalue weighted by molar-refractivity contribution is 7.84. The second kappa shape index (κ2) is 5.27. The molecule has 0 heterocycles. The zero-order valence-corrected chi connectivity index (χ0v) is 9.51. The van der Waals surface area contributed by atoms with Gasteiger partial charge in [-0.2, -0.15) is 0 Å². The van der Waals surface area contributed by atoms with Crippen LogP contribution in [-0.2, 0) is 17.2 Å². The third-order valence-corrected chi connectivity index (χ3v) is 3.06. The number of hydrogen-bond acceptors (Lipinski definition) is 2. The molecule has 0 aliphatic rings. The van der Waals surface area contributed by atoms with E-state index in [4.69, 9.17) is 5.73 Å². The monoisotopic (exact) mass is 211 g/mol. The van der Waals surface area contributed by atoms with Gasteiger partial charge in [-0.25, -0.2) is 0 Å². The Labute approximate surface area is 88.0 Å². The van der Waals surface area contributed by atoms with E-state index in [0.29, 0.717) is 5.75 Å². The largest absolute Gasteiger partial charge is 0.323 e. The SMILES string of the molecule is CCc1ccc(C(N)CS(C)=O)cc1. The summed E-state index contributed by atoms with van der Waals surface area (Å²) in [6.07, 6.45) is 2.72. The Bertz CT molecular complexity index is 308. The van der Waals surface area contributed by atoms with Gasteiger partial charge in [0.15, 0.2) is 0 Å². The van der Waals surface area contributed by atoms with Crippen LogP contribution < -0.4 is 5.73 Å². The molecule has 0 fully saturated rings. The topological polar surface area (TPSA) is 43.1 Å². The number of aryl methyl sites for hydroxylation is 1. The first-order valence-corrected chi connectivity index (χ1v) is 6.50. The van der Waals surface area contributed by atoms with Gasteiger partial charge in [0.25, 0.3) is 0 Å². The quantitative estimate of drug-likeness (QED) is 0.822. The van der Waals surface area contributed by atoms with Crippen LogP contribution >= 0.6 is 0 Å². The Morgan fingerprint density at radius 2 is 1.93 bits per heavy atom. The van der Waals surface area contributed by atoms with Crippen molar-refractivity contribution in [1.82, 2.24) is 0 Å². The number of rotatable bonds is 4. The van der Waals surface area contributed by atoms with E-state index in [1.54, 1.807) is 6.26 Å². The van der Waals surface area contributed by atoms with Crippen LogP contribution in [0, 0.1) is 0 Å².